The zero-order chi connectivity index (χ0) is 13.2. The Labute approximate surface area is 101 Å². The number of nitrogens with zero attached hydrogens (tertiary/aromatic N) is 1. The Kier molecular flexibility index (Phi) is 3.35. The third-order valence-corrected chi connectivity index (χ3v) is 2.46. The first-order valence-corrected chi connectivity index (χ1v) is 5.04. The van der Waals surface area contributed by atoms with Gasteiger partial charge >= 0.3 is 6.18 Å². The van der Waals surface area contributed by atoms with Crippen LogP contribution >= 0.6 is 0 Å². The van der Waals surface area contributed by atoms with Gasteiger partial charge in [-0.2, -0.15) is 13.2 Å². The molecule has 2 aromatic heterocycles. The van der Waals surface area contributed by atoms with Gasteiger partial charge in [0, 0.05) is 18.0 Å². The molecule has 0 aromatic carbocycles. The molecule has 3 N–H and O–H groups in total. The van der Waals surface area contributed by atoms with Crippen LogP contribution in [0.25, 0.3) is 0 Å². The molecule has 2 aromatic rings. The molecule has 0 amide bonds. The molecule has 18 heavy (non-hydrogen) atoms. The number of hydrazine groups is 1. The number of hydrogen-bond donors (Lipinski definition) is 2. The van der Waals surface area contributed by atoms with Crippen molar-refractivity contribution in [2.75, 3.05) is 0 Å². The zero-order valence-electron chi connectivity index (χ0n) is 9.11. The van der Waals surface area contributed by atoms with Gasteiger partial charge in [-0.05, 0) is 18.2 Å². The predicted octanol–water partition coefficient (Wildman–Crippen LogP) is 2.25. The smallest absolute Gasteiger partial charge is 0.416 e. The van der Waals surface area contributed by atoms with Crippen LogP contribution < -0.4 is 11.3 Å². The molecule has 96 valence electrons. The van der Waals surface area contributed by atoms with Gasteiger partial charge in [0.25, 0.3) is 0 Å². The molecular weight excluding hydrogens is 247 g/mol. The standard InChI is InChI=1S/C11H10F3N3O/c12-11(13,14)8-3-4-16-6-7(8)10(17-15)9-2-1-5-18-9/h1-6,10,17H,15H2. The van der Waals surface area contributed by atoms with Crippen molar-refractivity contribution in [1.29, 1.82) is 0 Å². The minimum Gasteiger partial charge on any atom is -0.467 e. The molecule has 0 aliphatic heterocycles. The Hall–Kier alpha value is -1.86. The third-order valence-electron chi connectivity index (χ3n) is 2.46. The van der Waals surface area contributed by atoms with Crippen molar-refractivity contribution < 1.29 is 17.6 Å². The fourth-order valence-electron chi connectivity index (χ4n) is 1.68. The molecule has 0 radical (unpaired) electrons. The van der Waals surface area contributed by atoms with Gasteiger partial charge in [0.2, 0.25) is 0 Å². The summed E-state index contributed by atoms with van der Waals surface area (Å²) < 4.78 is 43.7. The second-order valence-corrected chi connectivity index (χ2v) is 3.58. The zero-order valence-corrected chi connectivity index (χ0v) is 9.11. The molecule has 0 aliphatic rings. The van der Waals surface area contributed by atoms with Gasteiger partial charge in [-0.1, -0.05) is 0 Å². The Morgan fingerprint density at radius 2 is 2.11 bits per heavy atom. The number of pyridine rings is 1. The number of halogens is 3. The molecule has 2 heterocycles. The van der Waals surface area contributed by atoms with Gasteiger partial charge in [0.1, 0.15) is 11.8 Å². The lowest BCUT2D eigenvalue weighted by atomic mass is 10.0. The number of furan rings is 1. The van der Waals surface area contributed by atoms with E-state index in [9.17, 15) is 13.2 Å². The van der Waals surface area contributed by atoms with Crippen LogP contribution in [0, 0.1) is 0 Å². The molecule has 0 bridgehead atoms. The van der Waals surface area contributed by atoms with E-state index in [0.29, 0.717) is 0 Å². The van der Waals surface area contributed by atoms with Crippen molar-refractivity contribution >= 4 is 0 Å². The summed E-state index contributed by atoms with van der Waals surface area (Å²) in [6.45, 7) is 0. The highest BCUT2D eigenvalue weighted by Crippen LogP contribution is 2.35. The number of rotatable bonds is 3. The summed E-state index contributed by atoms with van der Waals surface area (Å²) in [7, 11) is 0. The van der Waals surface area contributed by atoms with E-state index in [1.807, 2.05) is 0 Å². The van der Waals surface area contributed by atoms with E-state index < -0.39 is 17.8 Å². The first-order chi connectivity index (χ1) is 8.54. The normalized spacial score (nSPS) is 13.6. The van der Waals surface area contributed by atoms with E-state index in [0.717, 1.165) is 18.5 Å². The minimum atomic E-state index is -4.47. The lowest BCUT2D eigenvalue weighted by molar-refractivity contribution is -0.138. The molecule has 4 nitrogen and oxygen atoms in total. The number of alkyl halides is 3. The van der Waals surface area contributed by atoms with Crippen molar-refractivity contribution in [3.8, 4) is 0 Å². The lowest BCUT2D eigenvalue weighted by Crippen LogP contribution is -2.30. The van der Waals surface area contributed by atoms with Gasteiger partial charge in [-0.25, -0.2) is 5.43 Å². The summed E-state index contributed by atoms with van der Waals surface area (Å²) in [5.41, 5.74) is 1.42. The molecule has 0 fully saturated rings. The molecule has 0 aliphatic carbocycles. The second-order valence-electron chi connectivity index (χ2n) is 3.58. The number of aromatic nitrogens is 1. The molecule has 0 saturated carbocycles. The topological polar surface area (TPSA) is 64.1 Å². The summed E-state index contributed by atoms with van der Waals surface area (Å²) in [6, 6.07) is 3.12. The number of nitrogens with one attached hydrogen (secondary N) is 1. The fourth-order valence-corrected chi connectivity index (χ4v) is 1.68. The van der Waals surface area contributed by atoms with Crippen molar-refractivity contribution in [1.82, 2.24) is 10.4 Å². The maximum atomic E-state index is 12.9. The molecule has 0 saturated heterocycles. The SMILES string of the molecule is NNC(c1ccco1)c1cnccc1C(F)(F)F. The van der Waals surface area contributed by atoms with Crippen LogP contribution in [0.5, 0.6) is 0 Å². The van der Waals surface area contributed by atoms with Crippen LogP contribution in [-0.2, 0) is 6.18 Å². The van der Waals surface area contributed by atoms with E-state index in [2.05, 4.69) is 10.4 Å². The van der Waals surface area contributed by atoms with Crippen LogP contribution in [-0.4, -0.2) is 4.98 Å². The van der Waals surface area contributed by atoms with Crippen LogP contribution in [0.15, 0.2) is 41.3 Å². The Bertz CT molecular complexity index is 511. The quantitative estimate of drug-likeness (QED) is 0.653. The van der Waals surface area contributed by atoms with Crippen LogP contribution in [0.3, 0.4) is 0 Å². The highest BCUT2D eigenvalue weighted by Gasteiger charge is 2.36. The van der Waals surface area contributed by atoms with Crippen molar-refractivity contribution in [3.63, 3.8) is 0 Å². The van der Waals surface area contributed by atoms with Crippen molar-refractivity contribution in [3.05, 3.63) is 53.7 Å². The monoisotopic (exact) mass is 257 g/mol. The average Bonchev–Trinajstić information content (AvgIpc) is 2.83. The number of nitrogens with two attached hydrogens (primary N) is 1. The molecule has 0 spiro atoms. The lowest BCUT2D eigenvalue weighted by Gasteiger charge is -2.18. The second kappa shape index (κ2) is 4.79. The molecular formula is C11H10F3N3O. The Morgan fingerprint density at radius 3 is 2.67 bits per heavy atom. The minimum absolute atomic E-state index is 0.0811. The van der Waals surface area contributed by atoms with Gasteiger partial charge < -0.3 is 4.42 Å². The first kappa shape index (κ1) is 12.6. The van der Waals surface area contributed by atoms with E-state index >= 15 is 0 Å². The molecule has 1 unspecified atom stereocenters. The fraction of sp³-hybridized carbons (Fsp3) is 0.182. The molecule has 7 heteroatoms. The number of hydrogen-bond acceptors (Lipinski definition) is 4. The summed E-state index contributed by atoms with van der Waals surface area (Å²) in [5.74, 6) is 5.59. The van der Waals surface area contributed by atoms with E-state index in [1.165, 1.54) is 12.3 Å². The highest BCUT2D eigenvalue weighted by atomic mass is 19.4. The van der Waals surface area contributed by atoms with Crippen LogP contribution in [0.1, 0.15) is 22.9 Å². The Morgan fingerprint density at radius 1 is 1.33 bits per heavy atom. The van der Waals surface area contributed by atoms with Gasteiger partial charge in [0.15, 0.2) is 0 Å². The van der Waals surface area contributed by atoms with Gasteiger partial charge in [0.05, 0.1) is 11.8 Å². The average molecular weight is 257 g/mol. The summed E-state index contributed by atoms with van der Waals surface area (Å²) in [5, 5.41) is 0. The van der Waals surface area contributed by atoms with E-state index in [4.69, 9.17) is 10.3 Å². The van der Waals surface area contributed by atoms with Gasteiger partial charge in [-0.15, -0.1) is 0 Å². The summed E-state index contributed by atoms with van der Waals surface area (Å²) in [4.78, 5) is 3.70. The third kappa shape index (κ3) is 2.36. The predicted molar refractivity (Wildman–Crippen MR) is 57.1 cm³/mol. The van der Waals surface area contributed by atoms with E-state index in [-0.39, 0.29) is 11.3 Å². The first-order valence-electron chi connectivity index (χ1n) is 5.04. The van der Waals surface area contributed by atoms with Gasteiger partial charge in [-0.3, -0.25) is 10.8 Å². The largest absolute Gasteiger partial charge is 0.467 e. The van der Waals surface area contributed by atoms with Crippen LogP contribution in [0.4, 0.5) is 13.2 Å². The maximum Gasteiger partial charge on any atom is 0.416 e. The maximum absolute atomic E-state index is 12.9. The van der Waals surface area contributed by atoms with E-state index in [1.54, 1.807) is 6.07 Å². The molecule has 2 rings (SSSR count). The molecule has 1 atom stereocenters. The van der Waals surface area contributed by atoms with Crippen molar-refractivity contribution in [2.45, 2.75) is 12.2 Å². The van der Waals surface area contributed by atoms with Crippen molar-refractivity contribution in [2.24, 2.45) is 5.84 Å². The van der Waals surface area contributed by atoms with Crippen LogP contribution in [0.2, 0.25) is 0 Å². The highest BCUT2D eigenvalue weighted by molar-refractivity contribution is 5.33. The Balaban J connectivity index is 2.50. The summed E-state index contributed by atoms with van der Waals surface area (Å²) in [6.07, 6.45) is -0.902. The summed E-state index contributed by atoms with van der Waals surface area (Å²) >= 11 is 0.